The van der Waals surface area contributed by atoms with Crippen LogP contribution >= 0.6 is 0 Å². The van der Waals surface area contributed by atoms with Crippen molar-refractivity contribution < 1.29 is 4.74 Å². The molecule has 2 aliphatic rings. The van der Waals surface area contributed by atoms with Crippen molar-refractivity contribution in [1.29, 1.82) is 0 Å². The highest BCUT2D eigenvalue weighted by Gasteiger charge is 2.28. The molecule has 1 aliphatic carbocycles. The first-order valence-corrected chi connectivity index (χ1v) is 11.8. The molecule has 2 heterocycles. The second-order valence-corrected chi connectivity index (χ2v) is 9.03. The molecule has 6 aromatic rings. The van der Waals surface area contributed by atoms with Crippen molar-refractivity contribution in [2.75, 3.05) is 0 Å². The minimum Gasteiger partial charge on any atom is -0.453 e. The van der Waals surface area contributed by atoms with Crippen molar-refractivity contribution in [3.05, 3.63) is 96.8 Å². The number of benzene rings is 5. The Balaban J connectivity index is 1.48. The van der Waals surface area contributed by atoms with Crippen LogP contribution in [0.4, 0.5) is 0 Å². The summed E-state index contributed by atoms with van der Waals surface area (Å²) in [6, 6.07) is 32.5. The van der Waals surface area contributed by atoms with Crippen LogP contribution in [0.1, 0.15) is 12.7 Å². The Morgan fingerprint density at radius 3 is 2.18 bits per heavy atom. The fourth-order valence-electron chi connectivity index (χ4n) is 5.92. The maximum Gasteiger partial charge on any atom is 0.153 e. The summed E-state index contributed by atoms with van der Waals surface area (Å²) in [4.78, 5) is 4.95. The average Bonchev–Trinajstić information content (AvgIpc) is 3.43. The van der Waals surface area contributed by atoms with Gasteiger partial charge in [0.15, 0.2) is 11.5 Å². The molecular weight excluding hydrogens is 416 g/mol. The molecular formula is C31H20N2O. The number of ether oxygens (including phenoxy) is 1. The van der Waals surface area contributed by atoms with E-state index in [1.54, 1.807) is 0 Å². The van der Waals surface area contributed by atoms with E-state index in [2.05, 4.69) is 90.4 Å². The van der Waals surface area contributed by atoms with Crippen LogP contribution in [0.5, 0.6) is 11.5 Å². The quantitative estimate of drug-likeness (QED) is 0.273. The molecule has 34 heavy (non-hydrogen) atoms. The van der Waals surface area contributed by atoms with Gasteiger partial charge in [-0.1, -0.05) is 79.7 Å². The first-order chi connectivity index (χ1) is 16.8. The number of aromatic nitrogens is 2. The van der Waals surface area contributed by atoms with Crippen LogP contribution in [0, 0.1) is 0 Å². The fraction of sp³-hybridized carbons (Fsp3) is 0.0645. The van der Waals surface area contributed by atoms with Gasteiger partial charge < -0.3 is 4.74 Å². The lowest BCUT2D eigenvalue weighted by Gasteiger charge is -2.24. The maximum absolute atomic E-state index is 6.43. The molecule has 8 rings (SSSR count). The Hall–Kier alpha value is -4.37. The lowest BCUT2D eigenvalue weighted by atomic mass is 9.93. The van der Waals surface area contributed by atoms with Gasteiger partial charge in [0, 0.05) is 12.0 Å². The first kappa shape index (κ1) is 18.1. The molecule has 0 atom stereocenters. The number of hydrogen-bond donors (Lipinski definition) is 0. The number of nitrogens with zero attached hydrogens (tertiary/aromatic N) is 2. The number of fused-ring (bicyclic) bond motifs is 5. The smallest absolute Gasteiger partial charge is 0.153 e. The molecule has 3 nitrogen and oxygen atoms in total. The third kappa shape index (κ3) is 2.14. The zero-order chi connectivity index (χ0) is 22.4. The van der Waals surface area contributed by atoms with Crippen LogP contribution in [0.2, 0.25) is 0 Å². The van der Waals surface area contributed by atoms with Crippen molar-refractivity contribution >= 4 is 21.8 Å². The third-order valence-electron chi connectivity index (χ3n) is 7.31. The van der Waals surface area contributed by atoms with Gasteiger partial charge in [-0.3, -0.25) is 4.57 Å². The Bertz CT molecular complexity index is 1800. The monoisotopic (exact) mass is 436 g/mol. The Labute approximate surface area is 196 Å². The number of hydrogen-bond acceptors (Lipinski definition) is 2. The molecule has 0 bridgehead atoms. The number of imidazole rings is 1. The molecule has 0 saturated carbocycles. The van der Waals surface area contributed by atoms with Gasteiger partial charge in [-0.15, -0.1) is 0 Å². The molecule has 0 N–H and O–H groups in total. The van der Waals surface area contributed by atoms with Crippen LogP contribution in [0.15, 0.2) is 91.0 Å². The minimum atomic E-state index is 0.848. The fourth-order valence-corrected chi connectivity index (χ4v) is 5.92. The average molecular weight is 437 g/mol. The highest BCUT2D eigenvalue weighted by molar-refractivity contribution is 6.19. The summed E-state index contributed by atoms with van der Waals surface area (Å²) >= 11 is 0. The molecule has 0 radical (unpaired) electrons. The zero-order valence-electron chi connectivity index (χ0n) is 18.7. The highest BCUT2D eigenvalue weighted by atomic mass is 16.5. The van der Waals surface area contributed by atoms with Crippen LogP contribution in [-0.4, -0.2) is 9.55 Å². The third-order valence-corrected chi connectivity index (χ3v) is 7.31. The van der Waals surface area contributed by atoms with Gasteiger partial charge in [-0.25, -0.2) is 4.98 Å². The van der Waals surface area contributed by atoms with Gasteiger partial charge >= 0.3 is 0 Å². The summed E-state index contributed by atoms with van der Waals surface area (Å²) < 4.78 is 8.75. The molecule has 0 unspecified atom stereocenters. The van der Waals surface area contributed by atoms with Crippen molar-refractivity contribution in [2.45, 2.75) is 13.3 Å². The van der Waals surface area contributed by atoms with Crippen LogP contribution in [-0.2, 0) is 6.42 Å². The van der Waals surface area contributed by atoms with E-state index in [9.17, 15) is 0 Å². The largest absolute Gasteiger partial charge is 0.453 e. The van der Waals surface area contributed by atoms with Gasteiger partial charge in [0.1, 0.15) is 11.3 Å². The molecule has 0 fully saturated rings. The van der Waals surface area contributed by atoms with Gasteiger partial charge in [0.05, 0.1) is 11.2 Å². The molecule has 0 saturated heterocycles. The maximum atomic E-state index is 6.43. The van der Waals surface area contributed by atoms with Gasteiger partial charge in [-0.05, 0) is 56.8 Å². The summed E-state index contributed by atoms with van der Waals surface area (Å²) in [5.41, 5.74) is 10.8. The van der Waals surface area contributed by atoms with Crippen LogP contribution in [0.25, 0.3) is 60.9 Å². The lowest BCUT2D eigenvalue weighted by molar-refractivity contribution is 0.474. The summed E-state index contributed by atoms with van der Waals surface area (Å²) in [7, 11) is 0. The molecule has 0 amide bonds. The zero-order valence-corrected chi connectivity index (χ0v) is 18.7. The molecule has 5 aromatic carbocycles. The van der Waals surface area contributed by atoms with Crippen molar-refractivity contribution in [2.24, 2.45) is 0 Å². The van der Waals surface area contributed by atoms with Crippen molar-refractivity contribution in [3.8, 4) is 50.6 Å². The van der Waals surface area contributed by atoms with Crippen LogP contribution in [0.3, 0.4) is 0 Å². The van der Waals surface area contributed by atoms with Gasteiger partial charge in [-0.2, -0.15) is 0 Å². The van der Waals surface area contributed by atoms with E-state index in [0.717, 1.165) is 40.5 Å². The Kier molecular flexibility index (Phi) is 3.39. The topological polar surface area (TPSA) is 27.1 Å². The standard InChI is InChI=1S/C31H20N2O/c1-2-28-32-25-13-7-15-27-31(25)33(28)30-24(12-6-14-26(30)34-27)20-16-17-23-19-9-4-3-8-18(19)21-10-5-11-22(20)29(21)23/h3-17H,2H2,1H3. The number of aryl methyl sites for hydroxylation is 1. The number of rotatable bonds is 2. The van der Waals surface area contributed by atoms with E-state index in [1.165, 1.54) is 44.2 Å². The Morgan fingerprint density at radius 1 is 0.647 bits per heavy atom. The molecule has 3 heteroatoms. The SMILES string of the molecule is CCc1nc2cccc3c2n1-c1c(cccc1-c1ccc2c4c(cccc14)-c1ccccc1-2)O3. The predicted molar refractivity (Wildman–Crippen MR) is 138 cm³/mol. The first-order valence-electron chi connectivity index (χ1n) is 11.8. The van der Waals surface area contributed by atoms with E-state index in [-0.39, 0.29) is 0 Å². The Morgan fingerprint density at radius 2 is 1.32 bits per heavy atom. The molecule has 0 spiro atoms. The lowest BCUT2D eigenvalue weighted by Crippen LogP contribution is -2.09. The van der Waals surface area contributed by atoms with Gasteiger partial charge in [0.2, 0.25) is 0 Å². The second-order valence-electron chi connectivity index (χ2n) is 9.03. The number of para-hydroxylation sites is 2. The van der Waals surface area contributed by atoms with Crippen molar-refractivity contribution in [1.82, 2.24) is 9.55 Å². The summed E-state index contributed by atoms with van der Waals surface area (Å²) in [6.45, 7) is 2.17. The highest BCUT2D eigenvalue weighted by Crippen LogP contribution is 2.51. The van der Waals surface area contributed by atoms with E-state index in [0.29, 0.717) is 0 Å². The van der Waals surface area contributed by atoms with E-state index >= 15 is 0 Å². The normalized spacial score (nSPS) is 12.6. The predicted octanol–water partition coefficient (Wildman–Crippen LogP) is 8.16. The molecule has 1 aromatic heterocycles. The molecule has 1 aliphatic heterocycles. The van der Waals surface area contributed by atoms with Gasteiger partial charge in [0.25, 0.3) is 0 Å². The van der Waals surface area contributed by atoms with Crippen LogP contribution < -0.4 is 4.74 Å². The summed E-state index contributed by atoms with van der Waals surface area (Å²) in [6.07, 6.45) is 0.848. The minimum absolute atomic E-state index is 0.848. The van der Waals surface area contributed by atoms with Crippen molar-refractivity contribution in [3.63, 3.8) is 0 Å². The summed E-state index contributed by atoms with van der Waals surface area (Å²) in [5.74, 6) is 2.79. The summed E-state index contributed by atoms with van der Waals surface area (Å²) in [5, 5.41) is 2.61. The molecule has 160 valence electrons. The second kappa shape index (κ2) is 6.36. The van der Waals surface area contributed by atoms with E-state index in [4.69, 9.17) is 9.72 Å². The van der Waals surface area contributed by atoms with E-state index in [1.807, 2.05) is 12.1 Å². The van der Waals surface area contributed by atoms with E-state index < -0.39 is 0 Å².